The van der Waals surface area contributed by atoms with Gasteiger partial charge in [-0.25, -0.2) is 0 Å². The van der Waals surface area contributed by atoms with Gasteiger partial charge in [0.05, 0.1) is 11.8 Å². The third-order valence-corrected chi connectivity index (χ3v) is 5.47. The summed E-state index contributed by atoms with van der Waals surface area (Å²) in [6.07, 6.45) is 1.60. The molecule has 3 aliphatic rings. The maximum Gasteiger partial charge on any atom is 0.310 e. The Morgan fingerprint density at radius 3 is 2.70 bits per heavy atom. The zero-order valence-electron chi connectivity index (χ0n) is 12.9. The van der Waals surface area contributed by atoms with Crippen molar-refractivity contribution < 1.29 is 23.9 Å². The summed E-state index contributed by atoms with van der Waals surface area (Å²) in [5.41, 5.74) is 1.59. The zero-order chi connectivity index (χ0) is 16.1. The summed E-state index contributed by atoms with van der Waals surface area (Å²) >= 11 is 0. The normalized spacial score (nSPS) is 33.6. The lowest BCUT2D eigenvalue weighted by atomic mass is 9.80. The van der Waals surface area contributed by atoms with Crippen molar-refractivity contribution in [3.63, 3.8) is 0 Å². The maximum absolute atomic E-state index is 12.4. The minimum Gasteiger partial charge on any atom is -0.462 e. The Kier molecular flexibility index (Phi) is 3.25. The van der Waals surface area contributed by atoms with E-state index in [1.807, 2.05) is 19.1 Å². The van der Waals surface area contributed by atoms with Crippen LogP contribution in [0.5, 0.6) is 0 Å². The Labute approximate surface area is 134 Å². The van der Waals surface area contributed by atoms with Gasteiger partial charge in [0.2, 0.25) is 0 Å². The summed E-state index contributed by atoms with van der Waals surface area (Å²) in [6, 6.07) is 7.14. The van der Waals surface area contributed by atoms with Crippen molar-refractivity contribution in [1.29, 1.82) is 0 Å². The second-order valence-electron chi connectivity index (χ2n) is 6.82. The van der Waals surface area contributed by atoms with E-state index in [9.17, 15) is 14.4 Å². The lowest BCUT2D eigenvalue weighted by Crippen LogP contribution is -2.34. The number of fused-ring (bicyclic) bond motifs is 1. The number of Topliss-reactive ketones (excluding diaryl/α,β-unsaturated/α-hetero) is 1. The monoisotopic (exact) mass is 314 g/mol. The van der Waals surface area contributed by atoms with E-state index in [4.69, 9.17) is 9.47 Å². The van der Waals surface area contributed by atoms with Crippen LogP contribution >= 0.6 is 0 Å². The topological polar surface area (TPSA) is 69.7 Å². The molecule has 3 fully saturated rings. The van der Waals surface area contributed by atoms with E-state index in [1.165, 1.54) is 0 Å². The second kappa shape index (κ2) is 5.18. The average Bonchev–Trinajstić information content (AvgIpc) is 3.14. The molecule has 2 saturated carbocycles. The van der Waals surface area contributed by atoms with Gasteiger partial charge in [0.25, 0.3) is 0 Å². The van der Waals surface area contributed by atoms with Gasteiger partial charge in [-0.05, 0) is 25.7 Å². The minimum absolute atomic E-state index is 0.00394. The fourth-order valence-corrected chi connectivity index (χ4v) is 4.38. The summed E-state index contributed by atoms with van der Waals surface area (Å²) in [5, 5.41) is 0. The van der Waals surface area contributed by atoms with Crippen LogP contribution < -0.4 is 0 Å². The van der Waals surface area contributed by atoms with Crippen LogP contribution in [0.25, 0.3) is 0 Å². The lowest BCUT2D eigenvalue weighted by Gasteiger charge is -2.22. The SMILES string of the molecule is Cc1ccc(C(=O)COC(=O)[C@@H]2[C@@H]3C[C@H]4[C@@H]2C(=O)O[C@@H]4C3)cc1. The molecular weight excluding hydrogens is 296 g/mol. The van der Waals surface area contributed by atoms with Gasteiger partial charge in [0.1, 0.15) is 6.10 Å². The predicted octanol–water partition coefficient (Wildman–Crippen LogP) is 1.92. The molecule has 4 rings (SSSR count). The molecule has 0 spiro atoms. The Morgan fingerprint density at radius 1 is 1.22 bits per heavy atom. The van der Waals surface area contributed by atoms with Crippen LogP contribution in [0, 0.1) is 30.6 Å². The number of esters is 2. The van der Waals surface area contributed by atoms with Crippen molar-refractivity contribution in [1.82, 2.24) is 0 Å². The van der Waals surface area contributed by atoms with Gasteiger partial charge in [0.15, 0.2) is 12.4 Å². The van der Waals surface area contributed by atoms with E-state index < -0.39 is 11.9 Å². The number of benzene rings is 1. The highest BCUT2D eigenvalue weighted by atomic mass is 16.6. The molecule has 1 aliphatic heterocycles. The summed E-state index contributed by atoms with van der Waals surface area (Å²) in [4.78, 5) is 36.4. The first-order valence-electron chi connectivity index (χ1n) is 8.01. The summed E-state index contributed by atoms with van der Waals surface area (Å²) < 4.78 is 10.5. The number of carbonyl (C=O) groups is 3. The van der Waals surface area contributed by atoms with Crippen LogP contribution in [0.15, 0.2) is 24.3 Å². The van der Waals surface area contributed by atoms with Crippen molar-refractivity contribution in [2.75, 3.05) is 6.61 Å². The molecule has 0 unspecified atom stereocenters. The van der Waals surface area contributed by atoms with Crippen molar-refractivity contribution >= 4 is 17.7 Å². The Balaban J connectivity index is 1.40. The van der Waals surface area contributed by atoms with E-state index in [0.29, 0.717) is 5.56 Å². The molecule has 5 atom stereocenters. The fourth-order valence-electron chi connectivity index (χ4n) is 4.38. The largest absolute Gasteiger partial charge is 0.462 e. The lowest BCUT2D eigenvalue weighted by molar-refractivity contribution is -0.154. The molecule has 2 aliphatic carbocycles. The number of hydrogen-bond acceptors (Lipinski definition) is 5. The molecule has 0 aromatic heterocycles. The Morgan fingerprint density at radius 2 is 1.96 bits per heavy atom. The molecule has 1 aromatic rings. The van der Waals surface area contributed by atoms with Crippen molar-refractivity contribution in [3.8, 4) is 0 Å². The molecule has 0 N–H and O–H groups in total. The van der Waals surface area contributed by atoms with Gasteiger partial charge in [-0.15, -0.1) is 0 Å². The molecule has 120 valence electrons. The van der Waals surface area contributed by atoms with E-state index in [-0.39, 0.29) is 42.2 Å². The average molecular weight is 314 g/mol. The van der Waals surface area contributed by atoms with Gasteiger partial charge < -0.3 is 9.47 Å². The third-order valence-electron chi connectivity index (χ3n) is 5.47. The molecule has 23 heavy (non-hydrogen) atoms. The van der Waals surface area contributed by atoms with Crippen LogP contribution in [0.1, 0.15) is 28.8 Å². The maximum atomic E-state index is 12.4. The van der Waals surface area contributed by atoms with Crippen LogP contribution in [-0.2, 0) is 19.1 Å². The van der Waals surface area contributed by atoms with E-state index in [2.05, 4.69) is 0 Å². The minimum atomic E-state index is -0.433. The Hall–Kier alpha value is -2.17. The van der Waals surface area contributed by atoms with Crippen LogP contribution in [0.2, 0.25) is 0 Å². The van der Waals surface area contributed by atoms with E-state index >= 15 is 0 Å². The fraction of sp³-hybridized carbons (Fsp3) is 0.500. The van der Waals surface area contributed by atoms with Crippen molar-refractivity contribution in [2.24, 2.45) is 23.7 Å². The highest BCUT2D eigenvalue weighted by Crippen LogP contribution is 2.57. The van der Waals surface area contributed by atoms with Crippen LogP contribution in [0.4, 0.5) is 0 Å². The third kappa shape index (κ3) is 2.26. The zero-order valence-corrected chi connectivity index (χ0v) is 12.9. The van der Waals surface area contributed by atoms with Gasteiger partial charge in [-0.3, -0.25) is 14.4 Å². The second-order valence-corrected chi connectivity index (χ2v) is 6.82. The number of aryl methyl sites for hydroxylation is 1. The van der Waals surface area contributed by atoms with Crippen molar-refractivity contribution in [2.45, 2.75) is 25.9 Å². The first-order chi connectivity index (χ1) is 11.0. The van der Waals surface area contributed by atoms with E-state index in [1.54, 1.807) is 12.1 Å². The molecule has 0 amide bonds. The van der Waals surface area contributed by atoms with Gasteiger partial charge in [-0.2, -0.15) is 0 Å². The smallest absolute Gasteiger partial charge is 0.310 e. The first-order valence-corrected chi connectivity index (χ1v) is 8.01. The number of hydrogen-bond donors (Lipinski definition) is 0. The highest BCUT2D eigenvalue weighted by molar-refractivity contribution is 5.98. The number of rotatable bonds is 4. The quantitative estimate of drug-likeness (QED) is 0.627. The first kappa shape index (κ1) is 14.4. The van der Waals surface area contributed by atoms with Gasteiger partial charge >= 0.3 is 11.9 Å². The summed E-state index contributed by atoms with van der Waals surface area (Å²) in [5.74, 6) is -1.40. The number of carbonyl (C=O) groups excluding carboxylic acids is 3. The molecule has 1 heterocycles. The number of ketones is 1. The standard InChI is InChI=1S/C18H18O5/c1-9-2-4-10(5-3-9)13(19)8-22-17(20)15-11-6-12-14(7-11)23-18(21)16(12)15/h2-5,11-12,14-16H,6-8H2,1H3/t11-,12-,14-,15-,16+/m1/s1. The summed E-state index contributed by atoms with van der Waals surface area (Å²) in [7, 11) is 0. The van der Waals surface area contributed by atoms with Crippen molar-refractivity contribution in [3.05, 3.63) is 35.4 Å². The molecule has 1 aromatic carbocycles. The molecule has 1 saturated heterocycles. The van der Waals surface area contributed by atoms with Gasteiger partial charge in [-0.1, -0.05) is 29.8 Å². The number of ether oxygens (including phenoxy) is 2. The molecule has 5 heteroatoms. The van der Waals surface area contributed by atoms with E-state index in [0.717, 1.165) is 18.4 Å². The van der Waals surface area contributed by atoms with Gasteiger partial charge in [0, 0.05) is 11.5 Å². The molecule has 0 radical (unpaired) electrons. The Bertz CT molecular complexity index is 675. The molecule has 2 bridgehead atoms. The van der Waals surface area contributed by atoms with Crippen LogP contribution in [-0.4, -0.2) is 30.4 Å². The summed E-state index contributed by atoms with van der Waals surface area (Å²) in [6.45, 7) is 1.67. The highest BCUT2D eigenvalue weighted by Gasteiger charge is 2.64. The molecular formula is C18H18O5. The van der Waals surface area contributed by atoms with Crippen LogP contribution in [0.3, 0.4) is 0 Å². The molecule has 5 nitrogen and oxygen atoms in total. The predicted molar refractivity (Wildman–Crippen MR) is 79.5 cm³/mol.